The Morgan fingerprint density at radius 1 is 1.24 bits per heavy atom. The number of primary amides is 1. The van der Waals surface area contributed by atoms with Gasteiger partial charge in [-0.2, -0.15) is 4.37 Å². The minimum Gasteiger partial charge on any atom is -0.508 e. The maximum Gasteiger partial charge on any atom is 0.273 e. The number of phenolic OH excluding ortho intramolecular Hbond substituents is 1. The van der Waals surface area contributed by atoms with Crippen LogP contribution in [-0.4, -0.2) is 33.7 Å². The van der Waals surface area contributed by atoms with Crippen LogP contribution in [0.1, 0.15) is 52.2 Å². The van der Waals surface area contributed by atoms with Crippen LogP contribution in [0.3, 0.4) is 0 Å². The Labute approximate surface area is 194 Å². The number of hydrogen-bond acceptors (Lipinski definition) is 8. The number of benzene rings is 1. The van der Waals surface area contributed by atoms with Gasteiger partial charge in [0.15, 0.2) is 11.7 Å². The summed E-state index contributed by atoms with van der Waals surface area (Å²) in [6, 6.07) is 7.80. The molecule has 2 heterocycles. The summed E-state index contributed by atoms with van der Waals surface area (Å²) in [4.78, 5) is 39.7. The van der Waals surface area contributed by atoms with E-state index in [0.29, 0.717) is 24.0 Å². The van der Waals surface area contributed by atoms with Crippen molar-refractivity contribution in [3.05, 3.63) is 59.0 Å². The summed E-state index contributed by atoms with van der Waals surface area (Å²) >= 11 is 0.696. The number of nitrogens with two attached hydrogens (primary N) is 2. The Kier molecular flexibility index (Phi) is 7.34. The van der Waals surface area contributed by atoms with Gasteiger partial charge in [-0.1, -0.05) is 19.9 Å². The molecule has 3 aromatic rings. The number of furan rings is 1. The molecule has 0 saturated carbocycles. The van der Waals surface area contributed by atoms with Crippen LogP contribution in [-0.2, 0) is 4.79 Å². The number of amides is 3. The molecule has 1 aromatic carbocycles. The highest BCUT2D eigenvalue weighted by molar-refractivity contribution is 7.09. The second kappa shape index (κ2) is 10.2. The average Bonchev–Trinajstić information content (AvgIpc) is 3.40. The first kappa shape index (κ1) is 23.8. The maximum absolute atomic E-state index is 13.7. The summed E-state index contributed by atoms with van der Waals surface area (Å²) in [6.07, 6.45) is 2.13. The van der Waals surface area contributed by atoms with E-state index >= 15 is 0 Å². The molecule has 2 aromatic heterocycles. The number of nitrogens with one attached hydrogen (secondary N) is 1. The molecule has 0 fully saturated rings. The predicted molar refractivity (Wildman–Crippen MR) is 124 cm³/mol. The molecule has 6 N–H and O–H groups in total. The third kappa shape index (κ3) is 5.32. The molecular weight excluding hydrogens is 446 g/mol. The van der Waals surface area contributed by atoms with Crippen LogP contribution in [0.5, 0.6) is 5.75 Å². The molecule has 0 bridgehead atoms. The summed E-state index contributed by atoms with van der Waals surface area (Å²) in [5.41, 5.74) is 11.1. The lowest BCUT2D eigenvalue weighted by Crippen LogP contribution is -2.44. The fraction of sp³-hybridized carbons (Fsp3) is 0.273. The summed E-state index contributed by atoms with van der Waals surface area (Å²) in [5.74, 6) is -1.61. The number of nitrogens with zero attached hydrogens (tertiary/aromatic N) is 2. The second-order valence-corrected chi connectivity index (χ2v) is 8.50. The third-order valence-corrected chi connectivity index (χ3v) is 5.67. The molecule has 33 heavy (non-hydrogen) atoms. The van der Waals surface area contributed by atoms with Crippen molar-refractivity contribution in [2.75, 3.05) is 17.2 Å². The topological polar surface area (TPSA) is 165 Å². The molecule has 0 spiro atoms. The van der Waals surface area contributed by atoms with Crippen LogP contribution in [0.2, 0.25) is 0 Å². The second-order valence-electron chi connectivity index (χ2n) is 7.72. The Morgan fingerprint density at radius 3 is 2.58 bits per heavy atom. The quantitative estimate of drug-likeness (QED) is 0.372. The third-order valence-electron chi connectivity index (χ3n) is 4.82. The lowest BCUT2D eigenvalue weighted by molar-refractivity contribution is -0.122. The predicted octanol–water partition coefficient (Wildman–Crippen LogP) is 2.67. The van der Waals surface area contributed by atoms with Gasteiger partial charge in [0.2, 0.25) is 0 Å². The van der Waals surface area contributed by atoms with Crippen molar-refractivity contribution < 1.29 is 23.9 Å². The monoisotopic (exact) mass is 471 g/mol. The number of nitrogen functional groups attached to an aromatic ring is 1. The van der Waals surface area contributed by atoms with E-state index < -0.39 is 23.8 Å². The Balaban J connectivity index is 2.10. The fourth-order valence-corrected chi connectivity index (χ4v) is 3.91. The molecule has 0 aliphatic carbocycles. The van der Waals surface area contributed by atoms with Crippen molar-refractivity contribution in [3.63, 3.8) is 0 Å². The highest BCUT2D eigenvalue weighted by Crippen LogP contribution is 2.34. The largest absolute Gasteiger partial charge is 0.508 e. The summed E-state index contributed by atoms with van der Waals surface area (Å²) in [6.45, 7) is 4.45. The van der Waals surface area contributed by atoms with Crippen molar-refractivity contribution >= 4 is 40.6 Å². The van der Waals surface area contributed by atoms with E-state index in [1.165, 1.54) is 24.5 Å². The number of carbonyl (C=O) groups is 3. The number of anilines is 2. The first-order valence-corrected chi connectivity index (χ1v) is 11.0. The molecule has 0 aliphatic heterocycles. The smallest absolute Gasteiger partial charge is 0.273 e. The fourth-order valence-electron chi connectivity index (χ4n) is 3.17. The van der Waals surface area contributed by atoms with Gasteiger partial charge in [0.1, 0.15) is 16.4 Å². The van der Waals surface area contributed by atoms with Gasteiger partial charge in [-0.05, 0) is 48.1 Å². The Hall–Kier alpha value is -3.86. The zero-order valence-electron chi connectivity index (χ0n) is 18.1. The number of phenols is 1. The molecule has 11 heteroatoms. The van der Waals surface area contributed by atoms with Crippen molar-refractivity contribution in [2.45, 2.75) is 26.3 Å². The van der Waals surface area contributed by atoms with Crippen LogP contribution in [0.15, 0.2) is 47.1 Å². The molecule has 174 valence electrons. The van der Waals surface area contributed by atoms with E-state index in [4.69, 9.17) is 15.9 Å². The van der Waals surface area contributed by atoms with Crippen molar-refractivity contribution in [2.24, 2.45) is 11.7 Å². The van der Waals surface area contributed by atoms with Gasteiger partial charge in [-0.25, -0.2) is 0 Å². The van der Waals surface area contributed by atoms with Gasteiger partial charge in [-0.15, -0.1) is 0 Å². The van der Waals surface area contributed by atoms with Gasteiger partial charge >= 0.3 is 0 Å². The molecular formula is C22H25N5O5S. The molecule has 0 radical (unpaired) electrons. The summed E-state index contributed by atoms with van der Waals surface area (Å²) in [5, 5.41) is 12.9. The molecule has 0 saturated heterocycles. The van der Waals surface area contributed by atoms with E-state index in [9.17, 15) is 19.5 Å². The van der Waals surface area contributed by atoms with Crippen molar-refractivity contribution in [1.29, 1.82) is 0 Å². The van der Waals surface area contributed by atoms with Gasteiger partial charge in [0.25, 0.3) is 17.7 Å². The summed E-state index contributed by atoms with van der Waals surface area (Å²) < 4.78 is 9.39. The number of hydrogen-bond donors (Lipinski definition) is 4. The summed E-state index contributed by atoms with van der Waals surface area (Å²) in [7, 11) is 0. The lowest BCUT2D eigenvalue weighted by atomic mass is 10.1. The van der Waals surface area contributed by atoms with Crippen molar-refractivity contribution in [1.82, 2.24) is 9.69 Å². The molecule has 3 rings (SSSR count). The van der Waals surface area contributed by atoms with E-state index in [1.807, 2.05) is 13.8 Å². The van der Waals surface area contributed by atoms with Crippen LogP contribution in [0.4, 0.5) is 11.4 Å². The van der Waals surface area contributed by atoms with Gasteiger partial charge < -0.3 is 26.3 Å². The SMILES string of the molecule is CC(C)CCNC(=O)[C@@H](c1ccco1)N(C(=O)c1snc(C(N)=O)c1N)c1cccc(O)c1. The lowest BCUT2D eigenvalue weighted by Gasteiger charge is -2.29. The van der Waals surface area contributed by atoms with Crippen LogP contribution in [0, 0.1) is 5.92 Å². The average molecular weight is 472 g/mol. The Bertz CT molecular complexity index is 1140. The zero-order valence-corrected chi connectivity index (χ0v) is 19.0. The van der Waals surface area contributed by atoms with Gasteiger partial charge in [-0.3, -0.25) is 19.3 Å². The zero-order chi connectivity index (χ0) is 24.1. The highest BCUT2D eigenvalue weighted by Gasteiger charge is 2.37. The standard InChI is InChI=1S/C22H25N5O5S/c1-12(2)8-9-25-21(30)18(15-7-4-10-32-15)27(13-5-3-6-14(28)11-13)22(31)19-16(23)17(20(24)29)26-33-19/h3-7,10-12,18,28H,8-9,23H2,1-2H3,(H2,24,29)(H,25,30)/t18-/m1/s1. The van der Waals surface area contributed by atoms with E-state index in [1.54, 1.807) is 18.2 Å². The van der Waals surface area contributed by atoms with Crippen LogP contribution < -0.4 is 21.7 Å². The number of aromatic hydroxyl groups is 1. The normalized spacial score (nSPS) is 11.8. The molecule has 10 nitrogen and oxygen atoms in total. The molecule has 0 unspecified atom stereocenters. The van der Waals surface area contributed by atoms with Gasteiger partial charge in [0.05, 0.1) is 12.0 Å². The number of aromatic nitrogens is 1. The van der Waals surface area contributed by atoms with Crippen LogP contribution >= 0.6 is 11.5 Å². The minimum absolute atomic E-state index is 0.0707. The minimum atomic E-state index is -1.22. The first-order valence-electron chi connectivity index (χ1n) is 10.2. The molecule has 3 amide bonds. The van der Waals surface area contributed by atoms with Crippen molar-refractivity contribution in [3.8, 4) is 5.75 Å². The van der Waals surface area contributed by atoms with Crippen LogP contribution in [0.25, 0.3) is 0 Å². The van der Waals surface area contributed by atoms with E-state index in [-0.39, 0.29) is 33.5 Å². The first-order chi connectivity index (χ1) is 15.7. The maximum atomic E-state index is 13.7. The highest BCUT2D eigenvalue weighted by atomic mass is 32.1. The Morgan fingerprint density at radius 2 is 2.00 bits per heavy atom. The van der Waals surface area contributed by atoms with E-state index in [0.717, 1.165) is 11.3 Å². The van der Waals surface area contributed by atoms with E-state index in [2.05, 4.69) is 9.69 Å². The number of rotatable bonds is 9. The molecule has 0 aliphatic rings. The number of carbonyl (C=O) groups excluding carboxylic acids is 3. The van der Waals surface area contributed by atoms with Gasteiger partial charge in [0, 0.05) is 18.3 Å². The molecule has 1 atom stereocenters.